The van der Waals surface area contributed by atoms with Gasteiger partial charge in [-0.15, -0.1) is 0 Å². The molecule has 1 rings (SSSR count). The molecule has 18 heavy (non-hydrogen) atoms. The van der Waals surface area contributed by atoms with Crippen LogP contribution in [0.3, 0.4) is 0 Å². The van der Waals surface area contributed by atoms with Crippen LogP contribution >= 0.6 is 0 Å². The van der Waals surface area contributed by atoms with Gasteiger partial charge in [0.05, 0.1) is 0 Å². The Kier molecular flexibility index (Phi) is 6.64. The summed E-state index contributed by atoms with van der Waals surface area (Å²) in [4.78, 5) is 8.84. The Hall–Kier alpha value is -1.17. The summed E-state index contributed by atoms with van der Waals surface area (Å²) in [6.45, 7) is 6.31. The van der Waals surface area contributed by atoms with Crippen LogP contribution in [0, 0.1) is 0 Å². The lowest BCUT2D eigenvalue weighted by Crippen LogP contribution is -2.27. The van der Waals surface area contributed by atoms with E-state index in [9.17, 15) is 0 Å². The predicted octanol–water partition coefficient (Wildman–Crippen LogP) is 1.14. The van der Waals surface area contributed by atoms with Crippen molar-refractivity contribution >= 4 is 5.82 Å². The Morgan fingerprint density at radius 2 is 2.11 bits per heavy atom. The van der Waals surface area contributed by atoms with Crippen LogP contribution in [-0.4, -0.2) is 48.5 Å². The van der Waals surface area contributed by atoms with E-state index in [0.29, 0.717) is 0 Å². The number of nitrogen functional groups attached to an aromatic ring is 1. The number of pyridine rings is 1. The molecule has 0 aromatic carbocycles. The van der Waals surface area contributed by atoms with Crippen molar-refractivity contribution in [3.63, 3.8) is 0 Å². The van der Waals surface area contributed by atoms with E-state index in [1.54, 1.807) is 6.20 Å². The topological polar surface area (TPSA) is 57.4 Å². The second-order valence-electron chi connectivity index (χ2n) is 4.68. The maximum absolute atomic E-state index is 5.47. The van der Waals surface area contributed by atoms with Gasteiger partial charge < -0.3 is 10.3 Å². The minimum absolute atomic E-state index is 0.767. The van der Waals surface area contributed by atoms with Gasteiger partial charge in [-0.3, -0.25) is 4.90 Å². The summed E-state index contributed by atoms with van der Waals surface area (Å²) >= 11 is 0. The Morgan fingerprint density at radius 1 is 1.33 bits per heavy atom. The number of rotatable bonds is 8. The van der Waals surface area contributed by atoms with E-state index in [-0.39, 0.29) is 0 Å². The third kappa shape index (κ3) is 5.00. The summed E-state index contributed by atoms with van der Waals surface area (Å²) in [5.41, 5.74) is 3.80. The van der Waals surface area contributed by atoms with E-state index < -0.39 is 0 Å². The first kappa shape index (κ1) is 14.9. The molecule has 0 radical (unpaired) electrons. The molecule has 0 aliphatic heterocycles. The first-order valence-corrected chi connectivity index (χ1v) is 6.45. The van der Waals surface area contributed by atoms with Gasteiger partial charge in [0.2, 0.25) is 0 Å². The van der Waals surface area contributed by atoms with Crippen molar-refractivity contribution in [3.05, 3.63) is 23.9 Å². The molecule has 0 unspecified atom stereocenters. The SMILES string of the molecule is CCN(CCCN(C)C)Cc1cccnc1NN. The maximum atomic E-state index is 5.47. The average Bonchev–Trinajstić information content (AvgIpc) is 2.37. The fraction of sp³-hybridized carbons (Fsp3) is 0.615. The number of hydrogen-bond acceptors (Lipinski definition) is 5. The molecule has 0 atom stereocenters. The second-order valence-corrected chi connectivity index (χ2v) is 4.68. The van der Waals surface area contributed by atoms with Crippen LogP contribution in [-0.2, 0) is 6.54 Å². The van der Waals surface area contributed by atoms with Gasteiger partial charge in [0.1, 0.15) is 5.82 Å². The third-order valence-electron chi connectivity index (χ3n) is 2.95. The molecule has 0 saturated carbocycles. The van der Waals surface area contributed by atoms with Crippen molar-refractivity contribution in [2.45, 2.75) is 19.9 Å². The highest BCUT2D eigenvalue weighted by molar-refractivity contribution is 5.42. The quantitative estimate of drug-likeness (QED) is 0.536. The molecule has 0 fully saturated rings. The molecular formula is C13H25N5. The Labute approximate surface area is 110 Å². The van der Waals surface area contributed by atoms with E-state index in [4.69, 9.17) is 5.84 Å². The monoisotopic (exact) mass is 251 g/mol. The van der Waals surface area contributed by atoms with Crippen LogP contribution in [0.25, 0.3) is 0 Å². The Bertz CT molecular complexity index is 340. The summed E-state index contributed by atoms with van der Waals surface area (Å²) in [5.74, 6) is 6.24. The number of nitrogens with one attached hydrogen (secondary N) is 1. The molecule has 0 spiro atoms. The fourth-order valence-electron chi connectivity index (χ4n) is 1.90. The summed E-state index contributed by atoms with van der Waals surface area (Å²) in [6, 6.07) is 4.01. The first-order chi connectivity index (χ1) is 8.67. The van der Waals surface area contributed by atoms with E-state index in [1.165, 1.54) is 6.42 Å². The summed E-state index contributed by atoms with van der Waals surface area (Å²) < 4.78 is 0. The lowest BCUT2D eigenvalue weighted by Gasteiger charge is -2.22. The van der Waals surface area contributed by atoms with Crippen LogP contribution in [0.2, 0.25) is 0 Å². The van der Waals surface area contributed by atoms with Gasteiger partial charge in [-0.2, -0.15) is 0 Å². The smallest absolute Gasteiger partial charge is 0.144 e. The van der Waals surface area contributed by atoms with Crippen LogP contribution in [0.1, 0.15) is 18.9 Å². The lowest BCUT2D eigenvalue weighted by atomic mass is 10.2. The van der Waals surface area contributed by atoms with Crippen LogP contribution in [0.5, 0.6) is 0 Å². The standard InChI is InChI=1S/C13H25N5/c1-4-18(10-6-9-17(2)3)11-12-7-5-8-15-13(12)16-14/h5,7-8H,4,6,9-11,14H2,1-3H3,(H,15,16). The highest BCUT2D eigenvalue weighted by Gasteiger charge is 2.07. The molecule has 0 amide bonds. The summed E-state index contributed by atoms with van der Waals surface area (Å²) in [5, 5.41) is 0. The molecule has 0 saturated heterocycles. The largest absolute Gasteiger partial charge is 0.309 e. The highest BCUT2D eigenvalue weighted by Crippen LogP contribution is 2.13. The van der Waals surface area contributed by atoms with Gasteiger partial charge in [0, 0.05) is 18.3 Å². The van der Waals surface area contributed by atoms with Gasteiger partial charge in [0.15, 0.2) is 0 Å². The van der Waals surface area contributed by atoms with E-state index in [0.717, 1.165) is 37.6 Å². The van der Waals surface area contributed by atoms with Crippen molar-refractivity contribution in [3.8, 4) is 0 Å². The Morgan fingerprint density at radius 3 is 2.72 bits per heavy atom. The van der Waals surface area contributed by atoms with Crippen molar-refractivity contribution in [1.82, 2.24) is 14.8 Å². The van der Waals surface area contributed by atoms with Crippen molar-refractivity contribution in [2.24, 2.45) is 5.84 Å². The van der Waals surface area contributed by atoms with Gasteiger partial charge >= 0.3 is 0 Å². The summed E-state index contributed by atoms with van der Waals surface area (Å²) in [7, 11) is 4.21. The second kappa shape index (κ2) is 8.02. The molecular weight excluding hydrogens is 226 g/mol. The molecule has 0 aliphatic rings. The molecule has 0 aliphatic carbocycles. The van der Waals surface area contributed by atoms with Crippen LogP contribution in [0.15, 0.2) is 18.3 Å². The highest BCUT2D eigenvalue weighted by atomic mass is 15.3. The summed E-state index contributed by atoms with van der Waals surface area (Å²) in [6.07, 6.45) is 2.92. The Balaban J connectivity index is 2.51. The molecule has 5 heteroatoms. The predicted molar refractivity (Wildman–Crippen MR) is 76.2 cm³/mol. The molecule has 0 bridgehead atoms. The van der Waals surface area contributed by atoms with E-state index >= 15 is 0 Å². The first-order valence-electron chi connectivity index (χ1n) is 6.45. The van der Waals surface area contributed by atoms with Gasteiger partial charge in [-0.25, -0.2) is 10.8 Å². The van der Waals surface area contributed by atoms with E-state index in [2.05, 4.69) is 47.3 Å². The molecule has 3 N–H and O–H groups in total. The maximum Gasteiger partial charge on any atom is 0.144 e. The number of anilines is 1. The minimum atomic E-state index is 0.767. The lowest BCUT2D eigenvalue weighted by molar-refractivity contribution is 0.259. The zero-order valence-corrected chi connectivity index (χ0v) is 11.7. The van der Waals surface area contributed by atoms with Crippen LogP contribution in [0.4, 0.5) is 5.82 Å². The minimum Gasteiger partial charge on any atom is -0.309 e. The van der Waals surface area contributed by atoms with Crippen molar-refractivity contribution < 1.29 is 0 Å². The molecule has 1 aromatic rings. The van der Waals surface area contributed by atoms with Gasteiger partial charge in [0.25, 0.3) is 0 Å². The normalized spacial score (nSPS) is 11.2. The van der Waals surface area contributed by atoms with Crippen molar-refractivity contribution in [2.75, 3.05) is 39.2 Å². The third-order valence-corrected chi connectivity index (χ3v) is 2.95. The molecule has 1 aromatic heterocycles. The zero-order chi connectivity index (χ0) is 13.4. The zero-order valence-electron chi connectivity index (χ0n) is 11.7. The number of hydrazine groups is 1. The molecule has 102 valence electrons. The number of hydrogen-bond donors (Lipinski definition) is 2. The number of aromatic nitrogens is 1. The van der Waals surface area contributed by atoms with Gasteiger partial charge in [-0.1, -0.05) is 13.0 Å². The van der Waals surface area contributed by atoms with Crippen molar-refractivity contribution in [1.29, 1.82) is 0 Å². The van der Waals surface area contributed by atoms with Gasteiger partial charge in [-0.05, 0) is 46.2 Å². The molecule has 1 heterocycles. The fourth-order valence-corrected chi connectivity index (χ4v) is 1.90. The van der Waals surface area contributed by atoms with E-state index in [1.807, 2.05) is 6.07 Å². The van der Waals surface area contributed by atoms with Crippen LogP contribution < -0.4 is 11.3 Å². The molecule has 5 nitrogen and oxygen atoms in total. The average molecular weight is 251 g/mol. The number of nitrogens with zero attached hydrogens (tertiary/aromatic N) is 3. The number of nitrogens with two attached hydrogens (primary N) is 1.